The fraction of sp³-hybridized carbons (Fsp3) is 0.429. The van der Waals surface area contributed by atoms with Crippen molar-refractivity contribution in [1.29, 1.82) is 0 Å². The number of aliphatic carboxylic acids is 2. The predicted molar refractivity (Wildman–Crippen MR) is 116 cm³/mol. The molecule has 0 spiro atoms. The first-order valence-corrected chi connectivity index (χ1v) is 10.1. The number of carbonyl (C=O) groups is 4. The van der Waals surface area contributed by atoms with E-state index in [1.54, 1.807) is 0 Å². The Bertz CT molecular complexity index is 781. The molecule has 1 rings (SSSR count). The smallest absolute Gasteiger partial charge is 0.326 e. The number of carbonyl (C=O) groups excluding carboxylic acids is 2. The average Bonchev–Trinajstić information content (AvgIpc) is 2.74. The Balaban J connectivity index is 2.05. The molecule has 0 saturated heterocycles. The van der Waals surface area contributed by atoms with E-state index in [1.165, 1.54) is 12.8 Å². The van der Waals surface area contributed by atoms with Gasteiger partial charge in [-0.3, -0.25) is 9.59 Å². The molecule has 0 heterocycles. The Labute approximate surface area is 186 Å². The van der Waals surface area contributed by atoms with Crippen LogP contribution in [0.15, 0.2) is 29.4 Å². The van der Waals surface area contributed by atoms with Gasteiger partial charge in [0, 0.05) is 13.0 Å². The van der Waals surface area contributed by atoms with Gasteiger partial charge in [0.1, 0.15) is 6.04 Å². The molecule has 1 aromatic carbocycles. The predicted octanol–water partition coefficient (Wildman–Crippen LogP) is 1.41. The van der Waals surface area contributed by atoms with Crippen LogP contribution in [-0.4, -0.2) is 59.5 Å². The van der Waals surface area contributed by atoms with E-state index in [1.807, 2.05) is 31.2 Å². The van der Waals surface area contributed by atoms with Crippen LogP contribution in [0.1, 0.15) is 43.2 Å². The van der Waals surface area contributed by atoms with Crippen molar-refractivity contribution in [2.75, 3.05) is 13.2 Å². The number of aryl methyl sites for hydroxylation is 1. The maximum atomic E-state index is 11.7. The van der Waals surface area contributed by atoms with Gasteiger partial charge in [-0.25, -0.2) is 9.59 Å². The van der Waals surface area contributed by atoms with E-state index < -0.39 is 24.0 Å². The first-order valence-electron chi connectivity index (χ1n) is 10.1. The molecule has 11 heteroatoms. The van der Waals surface area contributed by atoms with Crippen LogP contribution in [-0.2, 0) is 19.2 Å². The van der Waals surface area contributed by atoms with E-state index in [2.05, 4.69) is 21.1 Å². The zero-order valence-corrected chi connectivity index (χ0v) is 17.9. The third-order valence-corrected chi connectivity index (χ3v) is 4.13. The van der Waals surface area contributed by atoms with Gasteiger partial charge in [0.2, 0.25) is 0 Å². The van der Waals surface area contributed by atoms with Crippen molar-refractivity contribution in [3.8, 4) is 0 Å². The standard InChI is InChI=1S/C21H29N4O7/c1-15-5-7-16(8-6-15)13-24-32-14-18(26)22-11-3-2-4-12-23-21(31)25-17(20(29)30)9-10-19(27)28/h5-8,12-13,17H,2-4,9-11,14H2,1H3,(H,22,26)(H,27,28)(H,29,30)(H2,23,25,31). The lowest BCUT2D eigenvalue weighted by molar-refractivity contribution is -0.140. The first kappa shape index (κ1) is 26.4. The van der Waals surface area contributed by atoms with Gasteiger partial charge in [0.25, 0.3) is 5.91 Å². The number of amides is 3. The molecule has 1 unspecified atom stereocenters. The summed E-state index contributed by atoms with van der Waals surface area (Å²) in [5.41, 5.74) is 2.01. The SMILES string of the molecule is Cc1ccc(C=NOCC(=O)NCCCC[CH]NC(=O)NC(CCC(=O)O)C(=O)O)cc1. The summed E-state index contributed by atoms with van der Waals surface area (Å²) in [6.07, 6.45) is 2.79. The number of rotatable bonds is 15. The molecule has 11 nitrogen and oxygen atoms in total. The van der Waals surface area contributed by atoms with Crippen LogP contribution in [0.5, 0.6) is 0 Å². The van der Waals surface area contributed by atoms with Crippen molar-refractivity contribution < 1.29 is 34.2 Å². The Kier molecular flexibility index (Phi) is 12.6. The van der Waals surface area contributed by atoms with E-state index in [0.717, 1.165) is 11.1 Å². The molecule has 175 valence electrons. The van der Waals surface area contributed by atoms with Crippen LogP contribution in [0.3, 0.4) is 0 Å². The van der Waals surface area contributed by atoms with Crippen LogP contribution in [0, 0.1) is 13.5 Å². The summed E-state index contributed by atoms with van der Waals surface area (Å²) in [7, 11) is 0. The lowest BCUT2D eigenvalue weighted by atomic mass is 10.1. The number of urea groups is 1. The van der Waals surface area contributed by atoms with Gasteiger partial charge < -0.3 is 31.0 Å². The van der Waals surface area contributed by atoms with E-state index in [4.69, 9.17) is 15.1 Å². The zero-order valence-electron chi connectivity index (χ0n) is 17.9. The van der Waals surface area contributed by atoms with Gasteiger partial charge >= 0.3 is 18.0 Å². The number of unbranched alkanes of at least 4 members (excludes halogenated alkanes) is 2. The summed E-state index contributed by atoms with van der Waals surface area (Å²) in [5.74, 6) is -2.74. The number of nitrogens with zero attached hydrogens (tertiary/aromatic N) is 1. The van der Waals surface area contributed by atoms with Crippen LogP contribution in [0.2, 0.25) is 0 Å². The summed E-state index contributed by atoms with van der Waals surface area (Å²) in [4.78, 5) is 49.8. The third kappa shape index (κ3) is 12.8. The highest BCUT2D eigenvalue weighted by atomic mass is 16.6. The summed E-state index contributed by atoms with van der Waals surface area (Å²) < 4.78 is 0. The maximum Gasteiger partial charge on any atom is 0.326 e. The average molecular weight is 449 g/mol. The number of oxime groups is 1. The summed E-state index contributed by atoms with van der Waals surface area (Å²) in [5, 5.41) is 28.6. The number of nitrogens with one attached hydrogen (secondary N) is 3. The van der Waals surface area contributed by atoms with Crippen LogP contribution >= 0.6 is 0 Å². The lowest BCUT2D eigenvalue weighted by Crippen LogP contribution is -2.45. The van der Waals surface area contributed by atoms with Gasteiger partial charge in [-0.1, -0.05) is 35.0 Å². The number of carboxylic acids is 2. The fourth-order valence-electron chi connectivity index (χ4n) is 2.39. The molecular formula is C21H29N4O7. The Hall–Kier alpha value is -3.63. The van der Waals surface area contributed by atoms with Gasteiger partial charge in [-0.2, -0.15) is 0 Å². The highest BCUT2D eigenvalue weighted by molar-refractivity contribution is 5.83. The van der Waals surface area contributed by atoms with Crippen LogP contribution in [0.25, 0.3) is 0 Å². The molecule has 3 amide bonds. The Morgan fingerprint density at radius 1 is 1.12 bits per heavy atom. The van der Waals surface area contributed by atoms with Gasteiger partial charge in [-0.05, 0) is 38.2 Å². The second-order valence-electron chi connectivity index (χ2n) is 6.91. The molecule has 0 aliphatic carbocycles. The molecule has 0 bridgehead atoms. The molecule has 0 aromatic heterocycles. The quantitative estimate of drug-likeness (QED) is 0.153. The van der Waals surface area contributed by atoms with Crippen molar-refractivity contribution in [2.24, 2.45) is 5.16 Å². The molecule has 0 aliphatic heterocycles. The van der Waals surface area contributed by atoms with Gasteiger partial charge in [-0.15, -0.1) is 0 Å². The molecule has 0 aliphatic rings. The molecule has 0 saturated carbocycles. The Morgan fingerprint density at radius 2 is 1.84 bits per heavy atom. The third-order valence-electron chi connectivity index (χ3n) is 4.13. The van der Waals surface area contributed by atoms with Crippen molar-refractivity contribution in [2.45, 2.75) is 45.1 Å². The van der Waals surface area contributed by atoms with Crippen molar-refractivity contribution in [1.82, 2.24) is 16.0 Å². The maximum absolute atomic E-state index is 11.7. The van der Waals surface area contributed by atoms with E-state index in [9.17, 15) is 19.2 Å². The largest absolute Gasteiger partial charge is 0.481 e. The summed E-state index contributed by atoms with van der Waals surface area (Å²) >= 11 is 0. The minimum absolute atomic E-state index is 0.192. The van der Waals surface area contributed by atoms with Crippen molar-refractivity contribution >= 4 is 30.1 Å². The minimum Gasteiger partial charge on any atom is -0.481 e. The number of benzene rings is 1. The zero-order chi connectivity index (χ0) is 23.8. The fourth-order valence-corrected chi connectivity index (χ4v) is 2.39. The van der Waals surface area contributed by atoms with E-state index in [-0.39, 0.29) is 25.4 Å². The second-order valence-corrected chi connectivity index (χ2v) is 6.91. The Morgan fingerprint density at radius 3 is 2.50 bits per heavy atom. The van der Waals surface area contributed by atoms with Crippen molar-refractivity contribution in [3.05, 3.63) is 41.9 Å². The number of hydrogen-bond donors (Lipinski definition) is 5. The molecular weight excluding hydrogens is 420 g/mol. The summed E-state index contributed by atoms with van der Waals surface area (Å²) in [6.45, 7) is 3.69. The lowest BCUT2D eigenvalue weighted by Gasteiger charge is -2.14. The molecule has 32 heavy (non-hydrogen) atoms. The molecule has 1 aromatic rings. The van der Waals surface area contributed by atoms with Gasteiger partial charge in [0.15, 0.2) is 6.61 Å². The molecule has 5 N–H and O–H groups in total. The molecule has 1 radical (unpaired) electrons. The molecule has 1 atom stereocenters. The minimum atomic E-state index is -1.30. The number of carboxylic acid groups (broad SMARTS) is 2. The second kappa shape index (κ2) is 15.2. The van der Waals surface area contributed by atoms with Gasteiger partial charge in [0.05, 0.1) is 12.8 Å². The monoisotopic (exact) mass is 449 g/mol. The van der Waals surface area contributed by atoms with Crippen molar-refractivity contribution in [3.63, 3.8) is 0 Å². The highest BCUT2D eigenvalue weighted by Gasteiger charge is 2.20. The highest BCUT2D eigenvalue weighted by Crippen LogP contribution is 2.01. The van der Waals surface area contributed by atoms with Crippen LogP contribution in [0.4, 0.5) is 4.79 Å². The normalized spacial score (nSPS) is 11.5. The number of hydrogen-bond acceptors (Lipinski definition) is 6. The van der Waals surface area contributed by atoms with E-state index >= 15 is 0 Å². The molecule has 0 fully saturated rings. The topological polar surface area (TPSA) is 166 Å². The summed E-state index contributed by atoms with van der Waals surface area (Å²) in [6, 6.07) is 5.67. The first-order chi connectivity index (χ1) is 15.3. The van der Waals surface area contributed by atoms with E-state index in [0.29, 0.717) is 25.8 Å². The van der Waals surface area contributed by atoms with Crippen LogP contribution < -0.4 is 16.0 Å².